The number of hydrogen-bond acceptors (Lipinski definition) is 5. The molecule has 0 amide bonds. The topological polar surface area (TPSA) is 55.6 Å². The van der Waals surface area contributed by atoms with Crippen LogP contribution in [0, 0.1) is 0 Å². The maximum Gasteiger partial charge on any atom is 0.0992 e. The molecule has 19 heavy (non-hydrogen) atoms. The number of benzene rings is 1. The molecule has 0 saturated carbocycles. The zero-order chi connectivity index (χ0) is 13.1. The second-order valence-electron chi connectivity index (χ2n) is 3.86. The largest absolute Gasteiger partial charge is 0.378 e. The average Bonchev–Trinajstić information content (AvgIpc) is 3.09. The predicted octanol–water partition coefficient (Wildman–Crippen LogP) is 2.99. The van der Waals surface area contributed by atoms with Gasteiger partial charge in [0.2, 0.25) is 0 Å². The third kappa shape index (κ3) is 2.59. The number of imidazole rings is 1. The van der Waals surface area contributed by atoms with Gasteiger partial charge in [0.25, 0.3) is 0 Å². The predicted molar refractivity (Wildman–Crippen MR) is 75.8 cm³/mol. The first-order chi connectivity index (χ1) is 9.34. The van der Waals surface area contributed by atoms with E-state index in [4.69, 9.17) is 11.6 Å². The highest BCUT2D eigenvalue weighted by Gasteiger charge is 2.09. The third-order valence-corrected chi connectivity index (χ3v) is 3.47. The van der Waals surface area contributed by atoms with Crippen LogP contribution in [0.5, 0.6) is 0 Å². The van der Waals surface area contributed by atoms with Gasteiger partial charge in [0.15, 0.2) is 0 Å². The Morgan fingerprint density at radius 3 is 3.05 bits per heavy atom. The van der Waals surface area contributed by atoms with Gasteiger partial charge in [-0.1, -0.05) is 22.2 Å². The molecule has 2 aromatic heterocycles. The minimum absolute atomic E-state index is 0.610. The second kappa shape index (κ2) is 5.38. The van der Waals surface area contributed by atoms with Crippen LogP contribution in [0.15, 0.2) is 42.3 Å². The molecule has 0 bridgehead atoms. The Labute approximate surface area is 119 Å². The lowest BCUT2D eigenvalue weighted by Crippen LogP contribution is -2.04. The number of halogens is 1. The van der Waals surface area contributed by atoms with Crippen molar-refractivity contribution >= 4 is 28.8 Å². The van der Waals surface area contributed by atoms with Crippen LogP contribution in [-0.4, -0.2) is 19.1 Å². The fourth-order valence-corrected chi connectivity index (χ4v) is 2.48. The lowest BCUT2D eigenvalue weighted by atomic mass is 10.2. The number of aromatic nitrogens is 4. The average molecular weight is 292 g/mol. The molecule has 96 valence electrons. The van der Waals surface area contributed by atoms with Crippen LogP contribution in [0.2, 0.25) is 5.02 Å². The van der Waals surface area contributed by atoms with Crippen molar-refractivity contribution in [3.8, 4) is 5.69 Å². The first-order valence-corrected chi connectivity index (χ1v) is 6.82. The molecule has 0 aliphatic rings. The number of rotatable bonds is 4. The van der Waals surface area contributed by atoms with Crippen LogP contribution < -0.4 is 5.32 Å². The van der Waals surface area contributed by atoms with E-state index in [9.17, 15) is 0 Å². The van der Waals surface area contributed by atoms with Gasteiger partial charge in [-0.3, -0.25) is 0 Å². The normalized spacial score (nSPS) is 10.6. The highest BCUT2D eigenvalue weighted by molar-refractivity contribution is 7.03. The Kier molecular flexibility index (Phi) is 3.43. The van der Waals surface area contributed by atoms with Crippen LogP contribution in [0.25, 0.3) is 5.69 Å². The molecule has 5 nitrogen and oxygen atoms in total. The van der Waals surface area contributed by atoms with Crippen molar-refractivity contribution in [1.82, 2.24) is 19.1 Å². The molecule has 0 saturated heterocycles. The van der Waals surface area contributed by atoms with Crippen molar-refractivity contribution in [1.29, 1.82) is 0 Å². The van der Waals surface area contributed by atoms with Crippen molar-refractivity contribution in [3.63, 3.8) is 0 Å². The summed E-state index contributed by atoms with van der Waals surface area (Å²) < 4.78 is 5.71. The SMILES string of the molecule is Clc1cccc(NCc2csnn2)c1-n1ccnc1. The van der Waals surface area contributed by atoms with Crippen molar-refractivity contribution in [2.75, 3.05) is 5.32 Å². The highest BCUT2D eigenvalue weighted by Crippen LogP contribution is 2.28. The molecule has 0 unspecified atom stereocenters. The van der Waals surface area contributed by atoms with E-state index in [-0.39, 0.29) is 0 Å². The fourth-order valence-electron chi connectivity index (χ4n) is 1.76. The first-order valence-electron chi connectivity index (χ1n) is 5.61. The molecule has 0 fully saturated rings. The number of para-hydroxylation sites is 1. The Balaban J connectivity index is 1.91. The summed E-state index contributed by atoms with van der Waals surface area (Å²) in [6, 6.07) is 5.73. The van der Waals surface area contributed by atoms with Gasteiger partial charge in [0.1, 0.15) is 0 Å². The molecule has 0 radical (unpaired) electrons. The van der Waals surface area contributed by atoms with E-state index in [0.29, 0.717) is 11.6 Å². The summed E-state index contributed by atoms with van der Waals surface area (Å²) in [5.74, 6) is 0. The summed E-state index contributed by atoms with van der Waals surface area (Å²) in [5.41, 5.74) is 2.71. The Hall–Kier alpha value is -1.92. The zero-order valence-corrected chi connectivity index (χ0v) is 11.4. The molecule has 1 aromatic carbocycles. The van der Waals surface area contributed by atoms with Gasteiger partial charge in [0.05, 0.1) is 35.0 Å². The Bertz CT molecular complexity index is 651. The molecule has 0 aliphatic carbocycles. The monoisotopic (exact) mass is 291 g/mol. The first kappa shape index (κ1) is 12.1. The van der Waals surface area contributed by atoms with E-state index < -0.39 is 0 Å². The summed E-state index contributed by atoms with van der Waals surface area (Å²) in [6.45, 7) is 0.610. The van der Waals surface area contributed by atoms with Gasteiger partial charge in [-0.05, 0) is 23.7 Å². The minimum Gasteiger partial charge on any atom is -0.378 e. The van der Waals surface area contributed by atoms with Crippen LogP contribution >= 0.6 is 23.1 Å². The fraction of sp³-hybridized carbons (Fsp3) is 0.0833. The molecule has 0 aliphatic heterocycles. The van der Waals surface area contributed by atoms with Crippen molar-refractivity contribution < 1.29 is 0 Å². The van der Waals surface area contributed by atoms with E-state index >= 15 is 0 Å². The van der Waals surface area contributed by atoms with Crippen LogP contribution in [0.4, 0.5) is 5.69 Å². The van der Waals surface area contributed by atoms with Gasteiger partial charge >= 0.3 is 0 Å². The number of nitrogens with one attached hydrogen (secondary N) is 1. The van der Waals surface area contributed by atoms with Gasteiger partial charge in [-0.25, -0.2) is 4.98 Å². The minimum atomic E-state index is 0.610. The smallest absolute Gasteiger partial charge is 0.0992 e. The number of hydrogen-bond donors (Lipinski definition) is 1. The maximum absolute atomic E-state index is 6.27. The van der Waals surface area contributed by atoms with Gasteiger partial charge in [-0.15, -0.1) is 5.10 Å². The van der Waals surface area contributed by atoms with Crippen molar-refractivity contribution in [2.24, 2.45) is 0 Å². The standard InChI is InChI=1S/C12H10ClN5S/c13-10-2-1-3-11(12(10)18-5-4-14-8-18)15-6-9-7-19-17-16-9/h1-5,7-8,15H,6H2. The lowest BCUT2D eigenvalue weighted by molar-refractivity contribution is 0.988. The maximum atomic E-state index is 6.27. The van der Waals surface area contributed by atoms with E-state index in [1.54, 1.807) is 12.5 Å². The summed E-state index contributed by atoms with van der Waals surface area (Å²) in [5, 5.41) is 9.89. The van der Waals surface area contributed by atoms with Crippen molar-refractivity contribution in [3.05, 3.63) is 53.0 Å². The molecule has 3 rings (SSSR count). The molecular weight excluding hydrogens is 282 g/mol. The Morgan fingerprint density at radius 1 is 1.37 bits per heavy atom. The third-order valence-electron chi connectivity index (χ3n) is 2.61. The molecule has 1 N–H and O–H groups in total. The molecule has 0 atom stereocenters. The van der Waals surface area contributed by atoms with Crippen LogP contribution in [0.3, 0.4) is 0 Å². The van der Waals surface area contributed by atoms with E-state index in [1.807, 2.05) is 34.3 Å². The Morgan fingerprint density at radius 2 is 2.32 bits per heavy atom. The quantitative estimate of drug-likeness (QED) is 0.803. The molecule has 2 heterocycles. The summed E-state index contributed by atoms with van der Waals surface area (Å²) in [4.78, 5) is 4.05. The van der Waals surface area contributed by atoms with Crippen molar-refractivity contribution in [2.45, 2.75) is 6.54 Å². The van der Waals surface area contributed by atoms with E-state index in [0.717, 1.165) is 17.1 Å². The summed E-state index contributed by atoms with van der Waals surface area (Å²) in [6.07, 6.45) is 5.30. The highest BCUT2D eigenvalue weighted by atomic mass is 35.5. The van der Waals surface area contributed by atoms with Gasteiger partial charge in [0, 0.05) is 17.8 Å². The lowest BCUT2D eigenvalue weighted by Gasteiger charge is -2.13. The summed E-state index contributed by atoms with van der Waals surface area (Å²) in [7, 11) is 0. The van der Waals surface area contributed by atoms with Gasteiger partial charge in [-0.2, -0.15) is 0 Å². The number of nitrogens with zero attached hydrogens (tertiary/aromatic N) is 4. The number of anilines is 1. The molecular formula is C12H10ClN5S. The summed E-state index contributed by atoms with van der Waals surface area (Å²) >= 11 is 7.60. The molecule has 0 spiro atoms. The van der Waals surface area contributed by atoms with Crippen LogP contribution in [-0.2, 0) is 6.54 Å². The second-order valence-corrected chi connectivity index (χ2v) is 4.87. The van der Waals surface area contributed by atoms with E-state index in [2.05, 4.69) is 19.9 Å². The van der Waals surface area contributed by atoms with Gasteiger partial charge < -0.3 is 9.88 Å². The van der Waals surface area contributed by atoms with Crippen LogP contribution in [0.1, 0.15) is 5.69 Å². The molecule has 3 aromatic rings. The molecule has 7 heteroatoms. The zero-order valence-electron chi connectivity index (χ0n) is 9.82. The van der Waals surface area contributed by atoms with E-state index in [1.165, 1.54) is 11.5 Å².